The molecular formula is C9H10ClN5O. The van der Waals surface area contributed by atoms with Gasteiger partial charge in [0.15, 0.2) is 5.82 Å². The molecule has 0 fully saturated rings. The van der Waals surface area contributed by atoms with Gasteiger partial charge in [-0.05, 0) is 6.54 Å². The number of imidazole rings is 1. The van der Waals surface area contributed by atoms with Crippen LogP contribution >= 0.6 is 11.6 Å². The van der Waals surface area contributed by atoms with E-state index in [1.54, 1.807) is 17.0 Å². The van der Waals surface area contributed by atoms with Crippen molar-refractivity contribution in [3.63, 3.8) is 0 Å². The molecule has 0 radical (unpaired) electrons. The second-order valence-corrected chi connectivity index (χ2v) is 3.50. The molecule has 0 aromatic carbocycles. The lowest BCUT2D eigenvalue weighted by Gasteiger charge is -2.06. The Morgan fingerprint density at radius 1 is 1.50 bits per heavy atom. The first kappa shape index (κ1) is 10.8. The van der Waals surface area contributed by atoms with Gasteiger partial charge in [0.05, 0.1) is 6.33 Å². The second-order valence-electron chi connectivity index (χ2n) is 3.12. The van der Waals surface area contributed by atoms with Crippen molar-refractivity contribution >= 4 is 11.6 Å². The van der Waals surface area contributed by atoms with E-state index in [9.17, 15) is 4.79 Å². The fraction of sp³-hybridized carbons (Fsp3) is 0.222. The van der Waals surface area contributed by atoms with E-state index in [1.807, 2.05) is 0 Å². The molecule has 0 aliphatic rings. The van der Waals surface area contributed by atoms with Crippen LogP contribution in [0, 0.1) is 0 Å². The lowest BCUT2D eigenvalue weighted by molar-refractivity contribution is 0.818. The lowest BCUT2D eigenvalue weighted by Crippen LogP contribution is -2.14. The molecule has 0 spiro atoms. The summed E-state index contributed by atoms with van der Waals surface area (Å²) >= 11 is 5.87. The van der Waals surface area contributed by atoms with Crippen molar-refractivity contribution in [3.05, 3.63) is 39.9 Å². The van der Waals surface area contributed by atoms with Crippen molar-refractivity contribution < 1.29 is 0 Å². The number of hydrogen-bond donors (Lipinski definition) is 2. The van der Waals surface area contributed by atoms with Crippen LogP contribution in [-0.2, 0) is 6.42 Å². The summed E-state index contributed by atoms with van der Waals surface area (Å²) in [5, 5.41) is 0.0405. The Morgan fingerprint density at radius 2 is 2.31 bits per heavy atom. The maximum absolute atomic E-state index is 11.3. The zero-order valence-corrected chi connectivity index (χ0v) is 9.11. The summed E-state index contributed by atoms with van der Waals surface area (Å²) in [7, 11) is 0. The molecule has 0 saturated carbocycles. The maximum Gasteiger partial charge on any atom is 0.271 e. The van der Waals surface area contributed by atoms with Gasteiger partial charge in [-0.3, -0.25) is 9.36 Å². The molecule has 6 nitrogen and oxygen atoms in total. The maximum atomic E-state index is 11.3. The third-order valence-corrected chi connectivity index (χ3v) is 2.43. The van der Waals surface area contributed by atoms with E-state index in [0.717, 1.165) is 5.82 Å². The third-order valence-electron chi connectivity index (χ3n) is 2.09. The van der Waals surface area contributed by atoms with Crippen LogP contribution in [0.25, 0.3) is 5.82 Å². The molecule has 0 saturated heterocycles. The number of halogens is 1. The van der Waals surface area contributed by atoms with Crippen LogP contribution in [0.1, 0.15) is 5.82 Å². The van der Waals surface area contributed by atoms with Crippen LogP contribution in [-0.4, -0.2) is 26.1 Å². The summed E-state index contributed by atoms with van der Waals surface area (Å²) in [6, 6.07) is 0. The Bertz CT molecular complexity index is 547. The number of nitrogens with one attached hydrogen (secondary N) is 1. The largest absolute Gasteiger partial charge is 0.330 e. The summed E-state index contributed by atoms with van der Waals surface area (Å²) in [6.07, 6.45) is 5.20. The monoisotopic (exact) mass is 239 g/mol. The van der Waals surface area contributed by atoms with Crippen molar-refractivity contribution in [2.45, 2.75) is 6.42 Å². The summed E-state index contributed by atoms with van der Waals surface area (Å²) < 4.78 is 1.66. The average molecular weight is 240 g/mol. The van der Waals surface area contributed by atoms with Crippen LogP contribution in [0.2, 0.25) is 5.02 Å². The molecule has 3 N–H and O–H groups in total. The van der Waals surface area contributed by atoms with E-state index in [1.165, 1.54) is 6.33 Å². The number of nitrogens with two attached hydrogens (primary N) is 1. The predicted molar refractivity (Wildman–Crippen MR) is 59.7 cm³/mol. The molecular weight excluding hydrogens is 230 g/mol. The number of nitrogens with zero attached hydrogens (tertiary/aromatic N) is 3. The molecule has 2 rings (SSSR count). The van der Waals surface area contributed by atoms with Gasteiger partial charge in [0.1, 0.15) is 10.8 Å². The Hall–Kier alpha value is -1.66. The predicted octanol–water partition coefficient (Wildman–Crippen LogP) is 0.110. The molecule has 0 aliphatic carbocycles. The highest BCUT2D eigenvalue weighted by atomic mass is 35.5. The van der Waals surface area contributed by atoms with Crippen LogP contribution in [0.5, 0.6) is 0 Å². The van der Waals surface area contributed by atoms with Gasteiger partial charge in [0.2, 0.25) is 0 Å². The van der Waals surface area contributed by atoms with Gasteiger partial charge in [-0.1, -0.05) is 11.6 Å². The molecule has 0 amide bonds. The highest BCUT2D eigenvalue weighted by Crippen LogP contribution is 2.14. The quantitative estimate of drug-likeness (QED) is 0.796. The minimum Gasteiger partial charge on any atom is -0.330 e. The number of H-pyrrole nitrogens is 1. The van der Waals surface area contributed by atoms with E-state index in [-0.39, 0.29) is 10.6 Å². The summed E-state index contributed by atoms with van der Waals surface area (Å²) in [5.74, 6) is 1.09. The zero-order valence-electron chi connectivity index (χ0n) is 8.35. The molecule has 7 heteroatoms. The van der Waals surface area contributed by atoms with Crippen molar-refractivity contribution in [1.29, 1.82) is 0 Å². The number of aromatic nitrogens is 4. The average Bonchev–Trinajstić information content (AvgIpc) is 2.71. The van der Waals surface area contributed by atoms with E-state index >= 15 is 0 Å². The van der Waals surface area contributed by atoms with Crippen molar-refractivity contribution in [2.24, 2.45) is 5.73 Å². The Balaban J connectivity index is 2.54. The number of rotatable bonds is 3. The molecule has 0 unspecified atom stereocenters. The molecule has 2 heterocycles. The standard InChI is InChI=1S/C9H10ClN5O/c10-7-8(13-5-14-9(7)16)15-4-3-12-6(15)1-2-11/h3-5H,1-2,11H2,(H,13,14,16). The van der Waals surface area contributed by atoms with Crippen LogP contribution in [0.3, 0.4) is 0 Å². The lowest BCUT2D eigenvalue weighted by atomic mass is 10.4. The van der Waals surface area contributed by atoms with Crippen LogP contribution in [0.15, 0.2) is 23.5 Å². The van der Waals surface area contributed by atoms with Gasteiger partial charge >= 0.3 is 0 Å². The first-order chi connectivity index (χ1) is 7.74. The molecule has 0 bridgehead atoms. The van der Waals surface area contributed by atoms with Crippen molar-refractivity contribution in [2.75, 3.05) is 6.54 Å². The van der Waals surface area contributed by atoms with Gasteiger partial charge in [0.25, 0.3) is 5.56 Å². The summed E-state index contributed by atoms with van der Waals surface area (Å²) in [4.78, 5) is 21.9. The fourth-order valence-electron chi connectivity index (χ4n) is 1.38. The van der Waals surface area contributed by atoms with Crippen LogP contribution in [0.4, 0.5) is 0 Å². The zero-order chi connectivity index (χ0) is 11.5. The van der Waals surface area contributed by atoms with E-state index in [0.29, 0.717) is 18.8 Å². The SMILES string of the molecule is NCCc1nccn1-c1nc[nH]c(=O)c1Cl. The van der Waals surface area contributed by atoms with Crippen LogP contribution < -0.4 is 11.3 Å². The highest BCUT2D eigenvalue weighted by molar-refractivity contribution is 6.31. The fourth-order valence-corrected chi connectivity index (χ4v) is 1.58. The molecule has 84 valence electrons. The number of aromatic amines is 1. The van der Waals surface area contributed by atoms with E-state index in [2.05, 4.69) is 15.0 Å². The van der Waals surface area contributed by atoms with E-state index in [4.69, 9.17) is 17.3 Å². The smallest absolute Gasteiger partial charge is 0.271 e. The second kappa shape index (κ2) is 4.46. The Kier molecular flexibility index (Phi) is 3.02. The van der Waals surface area contributed by atoms with Gasteiger partial charge in [-0.2, -0.15) is 0 Å². The Labute approximate surface area is 96.1 Å². The van der Waals surface area contributed by atoms with Gasteiger partial charge in [0, 0.05) is 18.8 Å². The van der Waals surface area contributed by atoms with Crippen molar-refractivity contribution in [1.82, 2.24) is 19.5 Å². The number of hydrogen-bond acceptors (Lipinski definition) is 4. The topological polar surface area (TPSA) is 89.6 Å². The molecule has 2 aromatic heterocycles. The van der Waals surface area contributed by atoms with Gasteiger partial charge < -0.3 is 10.7 Å². The first-order valence-corrected chi connectivity index (χ1v) is 5.07. The molecule has 16 heavy (non-hydrogen) atoms. The molecule has 0 aliphatic heterocycles. The van der Waals surface area contributed by atoms with Crippen molar-refractivity contribution in [3.8, 4) is 5.82 Å². The first-order valence-electron chi connectivity index (χ1n) is 4.70. The van der Waals surface area contributed by atoms with Gasteiger partial charge in [-0.15, -0.1) is 0 Å². The summed E-state index contributed by atoms with van der Waals surface area (Å²) in [5.41, 5.74) is 5.08. The minimum atomic E-state index is -0.376. The van der Waals surface area contributed by atoms with E-state index < -0.39 is 0 Å². The Morgan fingerprint density at radius 3 is 3.06 bits per heavy atom. The normalized spacial score (nSPS) is 10.6. The minimum absolute atomic E-state index is 0.0405. The molecule has 2 aromatic rings. The highest BCUT2D eigenvalue weighted by Gasteiger charge is 2.11. The third kappa shape index (κ3) is 1.84. The van der Waals surface area contributed by atoms with Gasteiger partial charge in [-0.25, -0.2) is 9.97 Å². The molecule has 0 atom stereocenters. The summed E-state index contributed by atoms with van der Waals surface area (Å²) in [6.45, 7) is 0.470.